The van der Waals surface area contributed by atoms with Gasteiger partial charge in [-0.25, -0.2) is 4.68 Å². The van der Waals surface area contributed by atoms with Gasteiger partial charge in [-0.2, -0.15) is 0 Å². The minimum Gasteiger partial charge on any atom is -0.305 e. The van der Waals surface area contributed by atoms with E-state index in [1.54, 1.807) is 4.68 Å². The van der Waals surface area contributed by atoms with E-state index in [0.29, 0.717) is 0 Å². The molecule has 0 saturated carbocycles. The van der Waals surface area contributed by atoms with Gasteiger partial charge in [0.05, 0.1) is 11.7 Å². The Kier molecular flexibility index (Phi) is 4.60. The standard InChI is InChI=1S/C13H16BrClN4/c1-4-16-11(12-13(14)17-18-19(12)3)10-6-5-9(15)7-8(10)2/h5-7,11,16H,4H2,1-3H3. The SMILES string of the molecule is CCNC(c1ccc(Cl)cc1C)c1c(Br)nnn1C. The zero-order chi connectivity index (χ0) is 14.0. The molecule has 0 aliphatic carbocycles. The smallest absolute Gasteiger partial charge is 0.153 e. The van der Waals surface area contributed by atoms with Crippen molar-refractivity contribution in [3.8, 4) is 0 Å². The Morgan fingerprint density at radius 3 is 2.74 bits per heavy atom. The number of nitrogens with one attached hydrogen (secondary N) is 1. The molecular weight excluding hydrogens is 328 g/mol. The molecule has 2 aromatic rings. The predicted molar refractivity (Wildman–Crippen MR) is 80.4 cm³/mol. The number of benzene rings is 1. The molecule has 6 heteroatoms. The van der Waals surface area contributed by atoms with Crippen LogP contribution in [0.25, 0.3) is 0 Å². The van der Waals surface area contributed by atoms with Gasteiger partial charge in [0, 0.05) is 12.1 Å². The summed E-state index contributed by atoms with van der Waals surface area (Å²) in [6.45, 7) is 4.99. The van der Waals surface area contributed by atoms with Crippen molar-refractivity contribution < 1.29 is 0 Å². The first-order valence-corrected chi connectivity index (χ1v) is 7.26. The molecular formula is C13H16BrClN4. The Morgan fingerprint density at radius 1 is 1.47 bits per heavy atom. The fourth-order valence-corrected chi connectivity index (χ4v) is 2.95. The van der Waals surface area contributed by atoms with Crippen LogP contribution in [0, 0.1) is 6.92 Å². The number of aryl methyl sites for hydroxylation is 2. The fraction of sp³-hybridized carbons (Fsp3) is 0.385. The van der Waals surface area contributed by atoms with Gasteiger partial charge in [0.25, 0.3) is 0 Å². The molecule has 102 valence electrons. The lowest BCUT2D eigenvalue weighted by Crippen LogP contribution is -2.25. The maximum atomic E-state index is 6.03. The number of rotatable bonds is 4. The van der Waals surface area contributed by atoms with Gasteiger partial charge in [-0.1, -0.05) is 29.8 Å². The lowest BCUT2D eigenvalue weighted by atomic mass is 9.99. The number of aromatic nitrogens is 3. The number of hydrogen-bond acceptors (Lipinski definition) is 3. The summed E-state index contributed by atoms with van der Waals surface area (Å²) in [5, 5.41) is 12.3. The predicted octanol–water partition coefficient (Wildman–Crippen LogP) is 3.24. The summed E-state index contributed by atoms with van der Waals surface area (Å²) in [6, 6.07) is 5.96. The van der Waals surface area contributed by atoms with Crippen LogP contribution in [0.1, 0.15) is 29.8 Å². The van der Waals surface area contributed by atoms with Crippen LogP contribution in [-0.2, 0) is 7.05 Å². The van der Waals surface area contributed by atoms with E-state index in [0.717, 1.165) is 27.4 Å². The van der Waals surface area contributed by atoms with Crippen molar-refractivity contribution in [3.05, 3.63) is 44.6 Å². The van der Waals surface area contributed by atoms with Crippen molar-refractivity contribution in [2.75, 3.05) is 6.54 Å². The highest BCUT2D eigenvalue weighted by Crippen LogP contribution is 2.29. The molecule has 4 nitrogen and oxygen atoms in total. The monoisotopic (exact) mass is 342 g/mol. The van der Waals surface area contributed by atoms with Crippen molar-refractivity contribution in [1.82, 2.24) is 20.3 Å². The van der Waals surface area contributed by atoms with Crippen LogP contribution in [0.2, 0.25) is 5.02 Å². The quantitative estimate of drug-likeness (QED) is 0.927. The van der Waals surface area contributed by atoms with Crippen molar-refractivity contribution in [2.24, 2.45) is 7.05 Å². The van der Waals surface area contributed by atoms with E-state index < -0.39 is 0 Å². The topological polar surface area (TPSA) is 42.7 Å². The summed E-state index contributed by atoms with van der Waals surface area (Å²) < 4.78 is 2.54. The molecule has 1 heterocycles. The Bertz CT molecular complexity index is 563. The molecule has 1 unspecified atom stereocenters. The van der Waals surface area contributed by atoms with Gasteiger partial charge < -0.3 is 5.32 Å². The minimum atomic E-state index is 0.0386. The lowest BCUT2D eigenvalue weighted by Gasteiger charge is -2.20. The van der Waals surface area contributed by atoms with Crippen LogP contribution >= 0.6 is 27.5 Å². The normalized spacial score (nSPS) is 12.7. The molecule has 0 radical (unpaired) electrons. The second kappa shape index (κ2) is 6.03. The molecule has 19 heavy (non-hydrogen) atoms. The van der Waals surface area contributed by atoms with Crippen molar-refractivity contribution in [1.29, 1.82) is 0 Å². The van der Waals surface area contributed by atoms with E-state index in [-0.39, 0.29) is 6.04 Å². The van der Waals surface area contributed by atoms with Crippen LogP contribution in [0.15, 0.2) is 22.8 Å². The van der Waals surface area contributed by atoms with Gasteiger partial charge in [-0.15, -0.1) is 5.10 Å². The number of halogens is 2. The molecule has 1 aromatic heterocycles. The largest absolute Gasteiger partial charge is 0.305 e. The summed E-state index contributed by atoms with van der Waals surface area (Å²) in [5.41, 5.74) is 3.33. The average molecular weight is 344 g/mol. The first-order chi connectivity index (χ1) is 9.04. The molecule has 0 aliphatic heterocycles. The zero-order valence-corrected chi connectivity index (χ0v) is 13.5. The van der Waals surface area contributed by atoms with Gasteiger partial charge in [0.2, 0.25) is 0 Å². The molecule has 2 rings (SSSR count). The third kappa shape index (κ3) is 2.99. The van der Waals surface area contributed by atoms with Gasteiger partial charge in [0.15, 0.2) is 4.60 Å². The molecule has 0 amide bonds. The van der Waals surface area contributed by atoms with E-state index >= 15 is 0 Å². The molecule has 1 aromatic carbocycles. The molecule has 1 atom stereocenters. The van der Waals surface area contributed by atoms with E-state index in [1.807, 2.05) is 25.2 Å². The van der Waals surface area contributed by atoms with E-state index in [4.69, 9.17) is 11.6 Å². The molecule has 0 fully saturated rings. The highest BCUT2D eigenvalue weighted by atomic mass is 79.9. The first-order valence-electron chi connectivity index (χ1n) is 6.09. The van der Waals surface area contributed by atoms with Gasteiger partial charge in [-0.3, -0.25) is 0 Å². The molecule has 0 bridgehead atoms. The summed E-state index contributed by atoms with van der Waals surface area (Å²) in [5.74, 6) is 0. The van der Waals surface area contributed by atoms with Crippen LogP contribution in [0.3, 0.4) is 0 Å². The second-order valence-corrected chi connectivity index (χ2v) is 5.57. The van der Waals surface area contributed by atoms with Crippen LogP contribution in [0.4, 0.5) is 0 Å². The minimum absolute atomic E-state index is 0.0386. The Hall–Kier alpha value is -0.910. The maximum absolute atomic E-state index is 6.03. The Balaban J connectivity index is 2.51. The van der Waals surface area contributed by atoms with Crippen LogP contribution in [-0.4, -0.2) is 21.5 Å². The van der Waals surface area contributed by atoms with Crippen molar-refractivity contribution in [2.45, 2.75) is 19.9 Å². The highest BCUT2D eigenvalue weighted by molar-refractivity contribution is 9.10. The third-order valence-corrected chi connectivity index (χ3v) is 3.85. The fourth-order valence-electron chi connectivity index (χ4n) is 2.17. The van der Waals surface area contributed by atoms with Crippen LogP contribution < -0.4 is 5.32 Å². The summed E-state index contributed by atoms with van der Waals surface area (Å²) in [4.78, 5) is 0. The summed E-state index contributed by atoms with van der Waals surface area (Å²) in [7, 11) is 1.89. The molecule has 0 spiro atoms. The summed E-state index contributed by atoms with van der Waals surface area (Å²) in [6.07, 6.45) is 0. The summed E-state index contributed by atoms with van der Waals surface area (Å²) >= 11 is 9.49. The second-order valence-electron chi connectivity index (χ2n) is 4.38. The Morgan fingerprint density at radius 2 is 2.21 bits per heavy atom. The van der Waals surface area contributed by atoms with Gasteiger partial charge >= 0.3 is 0 Å². The molecule has 1 N–H and O–H groups in total. The molecule has 0 aliphatic rings. The number of hydrogen-bond donors (Lipinski definition) is 1. The Labute approximate surface area is 126 Å². The average Bonchev–Trinajstić information content (AvgIpc) is 2.67. The molecule has 0 saturated heterocycles. The van der Waals surface area contributed by atoms with Crippen molar-refractivity contribution >= 4 is 27.5 Å². The third-order valence-electron chi connectivity index (χ3n) is 3.05. The lowest BCUT2D eigenvalue weighted by molar-refractivity contribution is 0.565. The van der Waals surface area contributed by atoms with E-state index in [1.165, 1.54) is 5.56 Å². The van der Waals surface area contributed by atoms with Gasteiger partial charge in [0.1, 0.15) is 0 Å². The van der Waals surface area contributed by atoms with Gasteiger partial charge in [-0.05, 0) is 52.7 Å². The van der Waals surface area contributed by atoms with Crippen LogP contribution in [0.5, 0.6) is 0 Å². The highest BCUT2D eigenvalue weighted by Gasteiger charge is 2.22. The van der Waals surface area contributed by atoms with E-state index in [2.05, 4.69) is 45.4 Å². The first kappa shape index (κ1) is 14.5. The number of nitrogens with zero attached hydrogens (tertiary/aromatic N) is 3. The van der Waals surface area contributed by atoms with Crippen molar-refractivity contribution in [3.63, 3.8) is 0 Å². The maximum Gasteiger partial charge on any atom is 0.153 e. The van der Waals surface area contributed by atoms with E-state index in [9.17, 15) is 0 Å². The zero-order valence-electron chi connectivity index (χ0n) is 11.1.